The van der Waals surface area contributed by atoms with Crippen LogP contribution >= 0.6 is 7.60 Å². The topological polar surface area (TPSA) is 183 Å². The Hall–Kier alpha value is -5.04. The predicted molar refractivity (Wildman–Crippen MR) is 224 cm³/mol. The molecule has 1 aliphatic heterocycles. The summed E-state index contributed by atoms with van der Waals surface area (Å²) in [6, 6.07) is 23.4. The molecule has 1 saturated heterocycles. The number of aryl methyl sites for hydroxylation is 1. The molecule has 4 aromatic carbocycles. The van der Waals surface area contributed by atoms with E-state index < -0.39 is 22.8 Å². The molecule has 57 heavy (non-hydrogen) atoms. The van der Waals surface area contributed by atoms with Gasteiger partial charge in [0.15, 0.2) is 9.84 Å². The molecule has 0 spiro atoms. The number of amides is 1. The zero-order valence-electron chi connectivity index (χ0n) is 32.8. The highest BCUT2D eigenvalue weighted by Crippen LogP contribution is 2.39. The van der Waals surface area contributed by atoms with Gasteiger partial charge in [-0.05, 0) is 83.3 Å². The Balaban J connectivity index is 1.13. The van der Waals surface area contributed by atoms with Crippen molar-refractivity contribution in [3.8, 4) is 23.0 Å². The fourth-order valence-corrected chi connectivity index (χ4v) is 8.65. The van der Waals surface area contributed by atoms with Gasteiger partial charge in [-0.2, -0.15) is 0 Å². The number of nitrogens with zero attached hydrogens (tertiary/aromatic N) is 1. The maximum Gasteiger partial charge on any atom is 0.359 e. The number of methoxy groups -OCH3 is 2. The Labute approximate surface area is 333 Å². The molecule has 0 aliphatic carbocycles. The number of carbonyl (C=O) groups is 1. The molecule has 2 unspecified atom stereocenters. The van der Waals surface area contributed by atoms with E-state index in [1.165, 1.54) is 19.4 Å². The zero-order valence-corrected chi connectivity index (χ0v) is 34.5. The molecule has 1 amide bonds. The molecular weight excluding hydrogens is 766 g/mol. The first-order valence-electron chi connectivity index (χ1n) is 18.5. The van der Waals surface area contributed by atoms with Gasteiger partial charge in [0.1, 0.15) is 33.7 Å². The fraction of sp³-hybridized carbons (Fsp3) is 0.302. The Morgan fingerprint density at radius 2 is 1.67 bits per heavy atom. The van der Waals surface area contributed by atoms with Crippen LogP contribution in [0.3, 0.4) is 0 Å². The van der Waals surface area contributed by atoms with Crippen molar-refractivity contribution in [3.63, 3.8) is 0 Å². The number of rotatable bonds is 15. The van der Waals surface area contributed by atoms with Crippen molar-refractivity contribution in [1.29, 1.82) is 0 Å². The number of pyridine rings is 1. The number of carbonyl (C=O) groups excluding carboxylic acids is 1. The highest BCUT2D eigenvalue weighted by Gasteiger charge is 2.44. The number of anilines is 1. The van der Waals surface area contributed by atoms with Crippen LogP contribution in [0.5, 0.6) is 23.0 Å². The third-order valence-electron chi connectivity index (χ3n) is 9.80. The van der Waals surface area contributed by atoms with E-state index in [0.29, 0.717) is 47.7 Å². The lowest BCUT2D eigenvalue weighted by Crippen LogP contribution is -2.15. The molecule has 1 fully saturated rings. The summed E-state index contributed by atoms with van der Waals surface area (Å²) in [5.41, 5.74) is 4.84. The molecule has 2 heterocycles. The van der Waals surface area contributed by atoms with E-state index in [4.69, 9.17) is 14.2 Å². The molecule has 2 atom stereocenters. The van der Waals surface area contributed by atoms with Crippen molar-refractivity contribution in [2.24, 2.45) is 0 Å². The summed E-state index contributed by atoms with van der Waals surface area (Å²) in [6.07, 6.45) is 8.37. The average Bonchev–Trinajstić information content (AvgIpc) is 3.94. The van der Waals surface area contributed by atoms with Crippen LogP contribution in [0.2, 0.25) is 0 Å². The highest BCUT2D eigenvalue weighted by molar-refractivity contribution is 7.91. The van der Waals surface area contributed by atoms with Crippen LogP contribution < -0.4 is 30.1 Å². The second-order valence-electron chi connectivity index (χ2n) is 15.2. The third kappa shape index (κ3) is 10.3. The second-order valence-corrected chi connectivity index (χ2v) is 18.9. The molecule has 4 N–H and O–H groups in total. The van der Waals surface area contributed by atoms with Gasteiger partial charge in [-0.15, -0.1) is 0 Å². The Morgan fingerprint density at radius 1 is 0.930 bits per heavy atom. The lowest BCUT2D eigenvalue weighted by Gasteiger charge is -2.24. The molecule has 5 aromatic rings. The molecule has 0 saturated carbocycles. The highest BCUT2D eigenvalue weighted by atomic mass is 32.2. The number of hydrogen-bond donors (Lipinski definition) is 4. The molecule has 1 aromatic heterocycles. The molecule has 12 nitrogen and oxygen atoms in total. The summed E-state index contributed by atoms with van der Waals surface area (Å²) < 4.78 is 53.3. The quantitative estimate of drug-likeness (QED) is 0.0622. The normalized spacial score (nSPS) is 15.8. The first kappa shape index (κ1) is 41.6. The van der Waals surface area contributed by atoms with Gasteiger partial charge in [0.05, 0.1) is 19.9 Å². The summed E-state index contributed by atoms with van der Waals surface area (Å²) in [7, 11) is -4.70. The molecule has 300 valence electrons. The molecule has 1 aliphatic rings. The van der Waals surface area contributed by atoms with Crippen molar-refractivity contribution >= 4 is 57.3 Å². The van der Waals surface area contributed by atoms with Crippen molar-refractivity contribution in [2.45, 2.75) is 63.3 Å². The van der Waals surface area contributed by atoms with E-state index in [9.17, 15) is 27.6 Å². The van der Waals surface area contributed by atoms with E-state index in [1.54, 1.807) is 49.7 Å². The minimum absolute atomic E-state index is 0.0919. The number of sulfone groups is 1. The molecular formula is C43H48N3O9PS. The molecule has 6 rings (SSSR count). The standard InChI is InChI=1S/C43H48N3O9PS/c1-43(2,3)30-23-28(41(54-5)29(24-30)25-36-42(46-36)57(6,51)52)10-9-13-40(47)45-35-17-18-37(34-12-8-7-11-33(34)35)55-32-20-21-44-31(26-32)16-14-27-15-19-39(56(48,49)50)38(22-27)53-4/h7-8,11-12,14-24,26,36,42,46H,9-10,13,25H2,1-6H3,(H,45,47)(H2,48,49,50)/b16-14+. The zero-order chi connectivity index (χ0) is 41.1. The van der Waals surface area contributed by atoms with Crippen molar-refractivity contribution in [2.75, 3.05) is 25.8 Å². The maximum atomic E-state index is 13.4. The molecule has 14 heteroatoms. The van der Waals surface area contributed by atoms with E-state index in [0.717, 1.165) is 33.2 Å². The van der Waals surface area contributed by atoms with Gasteiger partial charge in [-0.1, -0.05) is 69.3 Å². The first-order valence-corrected chi connectivity index (χ1v) is 22.0. The van der Waals surface area contributed by atoms with Crippen molar-refractivity contribution in [3.05, 3.63) is 113 Å². The van der Waals surface area contributed by atoms with Crippen LogP contribution in [0.1, 0.15) is 61.6 Å². The average molecular weight is 814 g/mol. The molecule has 0 radical (unpaired) electrons. The Bertz CT molecular complexity index is 2490. The minimum Gasteiger partial charge on any atom is -0.496 e. The number of benzene rings is 4. The first-order chi connectivity index (χ1) is 26.9. The largest absolute Gasteiger partial charge is 0.496 e. The summed E-state index contributed by atoms with van der Waals surface area (Å²) in [6.45, 7) is 6.41. The summed E-state index contributed by atoms with van der Waals surface area (Å²) >= 11 is 0. The SMILES string of the molecule is COc1cc(/C=C/c2cc(Oc3ccc(NC(=O)CCCc4cc(C(C)(C)C)cc(CC5NC5S(C)(=O)=O)c4OC)c4ccccc34)ccn2)ccc1P(=O)(O)O. The number of fused-ring (bicyclic) bond motifs is 1. The monoisotopic (exact) mass is 813 g/mol. The number of nitrogens with one attached hydrogen (secondary N) is 2. The Kier molecular flexibility index (Phi) is 12.3. The van der Waals surface area contributed by atoms with E-state index in [-0.39, 0.29) is 34.8 Å². The lowest BCUT2D eigenvalue weighted by atomic mass is 9.83. The van der Waals surface area contributed by atoms with E-state index >= 15 is 0 Å². The Morgan fingerprint density at radius 3 is 2.33 bits per heavy atom. The van der Waals surface area contributed by atoms with E-state index in [2.05, 4.69) is 48.5 Å². The lowest BCUT2D eigenvalue weighted by molar-refractivity contribution is -0.116. The van der Waals surface area contributed by atoms with Gasteiger partial charge >= 0.3 is 7.60 Å². The van der Waals surface area contributed by atoms with Crippen LogP contribution in [0.4, 0.5) is 5.69 Å². The van der Waals surface area contributed by atoms with Crippen molar-refractivity contribution < 1.29 is 41.8 Å². The van der Waals surface area contributed by atoms with Gasteiger partial charge in [0.25, 0.3) is 0 Å². The van der Waals surface area contributed by atoms with Crippen LogP contribution in [0, 0.1) is 0 Å². The third-order valence-corrected chi connectivity index (χ3v) is 12.2. The van der Waals surface area contributed by atoms with E-state index in [1.807, 2.05) is 36.4 Å². The van der Waals surface area contributed by atoms with Crippen LogP contribution in [-0.2, 0) is 37.5 Å². The van der Waals surface area contributed by atoms with Gasteiger partial charge in [-0.3, -0.25) is 19.7 Å². The molecule has 0 bridgehead atoms. The van der Waals surface area contributed by atoms with Gasteiger partial charge in [-0.25, -0.2) is 8.42 Å². The summed E-state index contributed by atoms with van der Waals surface area (Å²) in [5.74, 6) is 1.83. The maximum absolute atomic E-state index is 13.4. The minimum atomic E-state index is -4.49. The van der Waals surface area contributed by atoms with Crippen LogP contribution in [0.25, 0.3) is 22.9 Å². The number of ether oxygens (including phenoxy) is 3. The van der Waals surface area contributed by atoms with Crippen LogP contribution in [-0.4, -0.2) is 61.0 Å². The van der Waals surface area contributed by atoms with Gasteiger partial charge in [0, 0.05) is 47.4 Å². The second kappa shape index (κ2) is 16.8. The van der Waals surface area contributed by atoms with Crippen molar-refractivity contribution in [1.82, 2.24) is 10.3 Å². The summed E-state index contributed by atoms with van der Waals surface area (Å²) in [4.78, 5) is 36.9. The summed E-state index contributed by atoms with van der Waals surface area (Å²) in [5, 5.41) is 7.06. The number of hydrogen-bond acceptors (Lipinski definition) is 9. The van der Waals surface area contributed by atoms with Gasteiger partial charge in [0.2, 0.25) is 5.91 Å². The fourth-order valence-electron chi connectivity index (χ4n) is 6.82. The predicted octanol–water partition coefficient (Wildman–Crippen LogP) is 7.16. The smallest absolute Gasteiger partial charge is 0.359 e. The number of aromatic nitrogens is 1. The van der Waals surface area contributed by atoms with Gasteiger partial charge < -0.3 is 29.3 Å². The van der Waals surface area contributed by atoms with Crippen LogP contribution in [0.15, 0.2) is 85.1 Å².